The number of ether oxygens (including phenoxy) is 2. The van der Waals surface area contributed by atoms with Crippen molar-refractivity contribution in [3.05, 3.63) is 66.5 Å². The first-order valence-electron chi connectivity index (χ1n) is 12.5. The van der Waals surface area contributed by atoms with Crippen LogP contribution in [0.3, 0.4) is 0 Å². The minimum absolute atomic E-state index is 0.0815. The molecule has 0 spiro atoms. The van der Waals surface area contributed by atoms with Gasteiger partial charge in [0.1, 0.15) is 5.82 Å². The quantitative estimate of drug-likeness (QED) is 0.252. The number of imidazole rings is 1. The van der Waals surface area contributed by atoms with Crippen LogP contribution in [-0.2, 0) is 24.2 Å². The molecule has 3 aromatic rings. The molecule has 0 saturated heterocycles. The van der Waals surface area contributed by atoms with Gasteiger partial charge in [-0.05, 0) is 55.5 Å². The van der Waals surface area contributed by atoms with Gasteiger partial charge in [-0.25, -0.2) is 4.98 Å². The summed E-state index contributed by atoms with van der Waals surface area (Å²) in [5, 5.41) is 3.03. The van der Waals surface area contributed by atoms with Gasteiger partial charge in [0.15, 0.2) is 11.5 Å². The normalized spacial score (nSPS) is 11.4. The van der Waals surface area contributed by atoms with E-state index in [9.17, 15) is 4.79 Å². The van der Waals surface area contributed by atoms with Gasteiger partial charge in [-0.1, -0.05) is 45.0 Å². The van der Waals surface area contributed by atoms with Gasteiger partial charge in [-0.3, -0.25) is 4.79 Å². The Balaban J connectivity index is 1.54. The number of para-hydroxylation sites is 2. The van der Waals surface area contributed by atoms with Crippen molar-refractivity contribution in [3.63, 3.8) is 0 Å². The first kappa shape index (κ1) is 26.3. The number of allylic oxidation sites excluding steroid dienone is 1. The number of aryl methyl sites for hydroxylation is 2. The van der Waals surface area contributed by atoms with Crippen LogP contribution in [0.4, 0.5) is 0 Å². The number of nitrogens with zero attached hydrogens (tertiary/aromatic N) is 2. The number of unbranched alkanes of at least 4 members (excludes halogenated alkanes) is 1. The Bertz CT molecular complexity index is 1130. The van der Waals surface area contributed by atoms with Gasteiger partial charge in [0.05, 0.1) is 24.8 Å². The molecule has 0 radical (unpaired) electrons. The molecule has 2 aromatic carbocycles. The lowest BCUT2D eigenvalue weighted by molar-refractivity contribution is -0.128. The Morgan fingerprint density at radius 2 is 1.91 bits per heavy atom. The Labute approximate surface area is 209 Å². The van der Waals surface area contributed by atoms with Crippen LogP contribution < -0.4 is 14.8 Å². The van der Waals surface area contributed by atoms with Crippen LogP contribution in [0.25, 0.3) is 11.0 Å². The van der Waals surface area contributed by atoms with E-state index in [-0.39, 0.29) is 11.3 Å². The van der Waals surface area contributed by atoms with E-state index in [1.165, 1.54) is 0 Å². The average molecular weight is 478 g/mol. The Morgan fingerprint density at radius 1 is 1.11 bits per heavy atom. The number of fused-ring (bicyclic) bond motifs is 1. The van der Waals surface area contributed by atoms with E-state index in [0.717, 1.165) is 72.6 Å². The van der Waals surface area contributed by atoms with Crippen LogP contribution in [0.2, 0.25) is 0 Å². The monoisotopic (exact) mass is 477 g/mol. The average Bonchev–Trinajstić information content (AvgIpc) is 3.19. The molecule has 3 rings (SSSR count). The summed E-state index contributed by atoms with van der Waals surface area (Å²) in [4.78, 5) is 17.0. The molecular weight excluding hydrogens is 438 g/mol. The zero-order valence-corrected chi connectivity index (χ0v) is 21.6. The van der Waals surface area contributed by atoms with Gasteiger partial charge in [0.2, 0.25) is 5.91 Å². The number of benzene rings is 2. The molecule has 6 nitrogen and oxygen atoms in total. The second-order valence-electron chi connectivity index (χ2n) is 9.81. The predicted octanol–water partition coefficient (Wildman–Crippen LogP) is 5.73. The number of carbonyl (C=O) groups is 1. The lowest BCUT2D eigenvalue weighted by Crippen LogP contribution is -2.35. The number of methoxy groups -OCH3 is 1. The van der Waals surface area contributed by atoms with E-state index in [1.54, 1.807) is 7.11 Å². The summed E-state index contributed by atoms with van der Waals surface area (Å²) < 4.78 is 13.8. The highest BCUT2D eigenvalue weighted by Crippen LogP contribution is 2.28. The van der Waals surface area contributed by atoms with Gasteiger partial charge >= 0.3 is 0 Å². The molecule has 1 N–H and O–H groups in total. The summed E-state index contributed by atoms with van der Waals surface area (Å²) in [5.41, 5.74) is 2.96. The second kappa shape index (κ2) is 12.4. The largest absolute Gasteiger partial charge is 0.493 e. The standard InChI is InChI=1S/C29H39N3O3/c1-6-12-22-16-17-25(26(21-22)34-5)35-20-10-9-19-32-24-14-8-7-13-23(24)31-27(32)15-11-18-30-28(33)29(2,3)4/h6-8,13-14,16-17,21H,1,9-12,15,18-20H2,2-5H3,(H,30,33). The molecule has 0 saturated carbocycles. The fourth-order valence-electron chi connectivity index (χ4n) is 3.96. The van der Waals surface area contributed by atoms with Gasteiger partial charge in [0, 0.05) is 24.9 Å². The summed E-state index contributed by atoms with van der Waals surface area (Å²) in [6.07, 6.45) is 6.27. The fraction of sp³-hybridized carbons (Fsp3) is 0.448. The smallest absolute Gasteiger partial charge is 0.225 e. The lowest BCUT2D eigenvalue weighted by atomic mass is 9.96. The molecule has 1 aromatic heterocycles. The highest BCUT2D eigenvalue weighted by Gasteiger charge is 2.20. The minimum Gasteiger partial charge on any atom is -0.493 e. The molecule has 0 unspecified atom stereocenters. The molecule has 35 heavy (non-hydrogen) atoms. The van der Waals surface area contributed by atoms with Gasteiger partial charge in [-0.15, -0.1) is 6.58 Å². The van der Waals surface area contributed by atoms with Crippen LogP contribution in [0, 0.1) is 5.41 Å². The van der Waals surface area contributed by atoms with Crippen molar-refractivity contribution in [3.8, 4) is 11.5 Å². The van der Waals surface area contributed by atoms with Crippen molar-refractivity contribution < 1.29 is 14.3 Å². The fourth-order valence-corrected chi connectivity index (χ4v) is 3.96. The first-order valence-corrected chi connectivity index (χ1v) is 12.5. The molecule has 0 bridgehead atoms. The van der Waals surface area contributed by atoms with E-state index < -0.39 is 0 Å². The van der Waals surface area contributed by atoms with Gasteiger partial charge < -0.3 is 19.4 Å². The first-order chi connectivity index (χ1) is 16.8. The number of nitrogens with one attached hydrogen (secondary N) is 1. The maximum Gasteiger partial charge on any atom is 0.225 e. The third-order valence-electron chi connectivity index (χ3n) is 5.92. The summed E-state index contributed by atoms with van der Waals surface area (Å²) in [6, 6.07) is 14.3. The lowest BCUT2D eigenvalue weighted by Gasteiger charge is -2.17. The third kappa shape index (κ3) is 7.35. The highest BCUT2D eigenvalue weighted by molar-refractivity contribution is 5.81. The SMILES string of the molecule is C=CCc1ccc(OCCCCn2c(CCCNC(=O)C(C)(C)C)nc3ccccc32)c(OC)c1. The molecule has 0 fully saturated rings. The third-order valence-corrected chi connectivity index (χ3v) is 5.92. The number of amides is 1. The van der Waals surface area contributed by atoms with Gasteiger partial charge in [-0.2, -0.15) is 0 Å². The number of carbonyl (C=O) groups excluding carboxylic acids is 1. The zero-order valence-electron chi connectivity index (χ0n) is 21.6. The zero-order chi connectivity index (χ0) is 25.3. The van der Waals surface area contributed by atoms with Crippen molar-refractivity contribution in [1.82, 2.24) is 14.9 Å². The summed E-state index contributed by atoms with van der Waals surface area (Å²) in [6.45, 7) is 11.7. The molecule has 0 aliphatic carbocycles. The van der Waals surface area contributed by atoms with Crippen molar-refractivity contribution in [2.45, 2.75) is 59.4 Å². The van der Waals surface area contributed by atoms with Gasteiger partial charge in [0.25, 0.3) is 0 Å². The Kier molecular flexibility index (Phi) is 9.35. The van der Waals surface area contributed by atoms with Crippen LogP contribution in [-0.4, -0.2) is 35.7 Å². The van der Waals surface area contributed by atoms with E-state index in [1.807, 2.05) is 51.1 Å². The van der Waals surface area contributed by atoms with Crippen molar-refractivity contribution in [2.24, 2.45) is 5.41 Å². The second-order valence-corrected chi connectivity index (χ2v) is 9.81. The molecule has 1 amide bonds. The van der Waals surface area contributed by atoms with Crippen molar-refractivity contribution in [1.29, 1.82) is 0 Å². The number of rotatable bonds is 13. The molecular formula is C29H39N3O3. The Morgan fingerprint density at radius 3 is 2.66 bits per heavy atom. The maximum absolute atomic E-state index is 12.1. The molecule has 1 heterocycles. The van der Waals surface area contributed by atoms with E-state index >= 15 is 0 Å². The molecule has 0 aliphatic rings. The topological polar surface area (TPSA) is 65.4 Å². The number of hydrogen-bond donors (Lipinski definition) is 1. The van der Waals surface area contributed by atoms with Crippen LogP contribution in [0.15, 0.2) is 55.1 Å². The van der Waals surface area contributed by atoms with E-state index in [0.29, 0.717) is 13.2 Å². The summed E-state index contributed by atoms with van der Waals surface area (Å²) in [7, 11) is 1.67. The highest BCUT2D eigenvalue weighted by atomic mass is 16.5. The van der Waals surface area contributed by atoms with Crippen molar-refractivity contribution in [2.75, 3.05) is 20.3 Å². The van der Waals surface area contributed by atoms with Crippen LogP contribution >= 0.6 is 0 Å². The van der Waals surface area contributed by atoms with Crippen LogP contribution in [0.1, 0.15) is 51.4 Å². The summed E-state index contributed by atoms with van der Waals surface area (Å²) in [5.74, 6) is 2.67. The van der Waals surface area contributed by atoms with E-state index in [2.05, 4.69) is 34.7 Å². The molecule has 0 atom stereocenters. The van der Waals surface area contributed by atoms with Crippen molar-refractivity contribution >= 4 is 16.9 Å². The van der Waals surface area contributed by atoms with Crippen LogP contribution in [0.5, 0.6) is 11.5 Å². The van der Waals surface area contributed by atoms with E-state index in [4.69, 9.17) is 14.5 Å². The predicted molar refractivity (Wildman–Crippen MR) is 142 cm³/mol. The summed E-state index contributed by atoms with van der Waals surface area (Å²) >= 11 is 0. The Hall–Kier alpha value is -3.28. The number of hydrogen-bond acceptors (Lipinski definition) is 4. The molecule has 188 valence electrons. The minimum atomic E-state index is -0.368. The molecule has 6 heteroatoms. The molecule has 0 aliphatic heterocycles. The number of aromatic nitrogens is 2. The maximum atomic E-state index is 12.1.